The number of hydrogen-bond donors (Lipinski definition) is 2. The minimum Gasteiger partial charge on any atom is -0.516 e. The molecule has 2 N–H and O–H groups in total. The molecule has 0 aliphatic rings. The summed E-state index contributed by atoms with van der Waals surface area (Å²) in [6.45, 7) is 7.98. The van der Waals surface area contributed by atoms with E-state index in [1.807, 2.05) is 0 Å². The molecule has 0 fully saturated rings. The van der Waals surface area contributed by atoms with Gasteiger partial charge in [0.05, 0.1) is 6.26 Å². The van der Waals surface area contributed by atoms with Crippen molar-refractivity contribution in [1.29, 1.82) is 0 Å². The number of aliphatic hydroxyl groups is 1. The molecule has 0 aromatic rings. The summed E-state index contributed by atoms with van der Waals surface area (Å²) < 4.78 is 4.56. The molecule has 0 atom stereocenters. The Labute approximate surface area is 88.0 Å². The number of aliphatic hydroxyl groups excluding tert-OH is 1. The second-order valence-corrected chi connectivity index (χ2v) is 2.31. The number of carboxylic acid groups (broad SMARTS) is 1. The fourth-order valence-electron chi connectivity index (χ4n) is 0.290. The van der Waals surface area contributed by atoms with Crippen molar-refractivity contribution in [2.75, 3.05) is 6.61 Å². The molecule has 15 heavy (non-hydrogen) atoms. The van der Waals surface area contributed by atoms with Crippen LogP contribution in [-0.4, -0.2) is 28.8 Å². The van der Waals surface area contributed by atoms with Crippen LogP contribution in [0.3, 0.4) is 0 Å². The van der Waals surface area contributed by atoms with Crippen LogP contribution in [-0.2, 0) is 14.3 Å². The molecule has 0 heterocycles. The quantitative estimate of drug-likeness (QED) is 0.420. The van der Waals surface area contributed by atoms with Gasteiger partial charge in [0.25, 0.3) is 0 Å². The Morgan fingerprint density at radius 3 is 2.20 bits per heavy atom. The van der Waals surface area contributed by atoms with Gasteiger partial charge in [-0.05, 0) is 13.0 Å². The third-order valence-corrected chi connectivity index (χ3v) is 0.939. The molecule has 84 valence electrons. The first-order valence-corrected chi connectivity index (χ1v) is 3.92. The van der Waals surface area contributed by atoms with E-state index in [4.69, 9.17) is 10.2 Å². The van der Waals surface area contributed by atoms with Crippen molar-refractivity contribution in [1.82, 2.24) is 0 Å². The molecule has 0 rings (SSSR count). The van der Waals surface area contributed by atoms with E-state index >= 15 is 0 Å². The van der Waals surface area contributed by atoms with Gasteiger partial charge in [-0.25, -0.2) is 9.59 Å². The first-order valence-electron chi connectivity index (χ1n) is 3.92. The molecular formula is C10H14O5. The lowest BCUT2D eigenvalue weighted by Crippen LogP contribution is -2.04. The van der Waals surface area contributed by atoms with Crippen molar-refractivity contribution in [3.63, 3.8) is 0 Å². The van der Waals surface area contributed by atoms with Crippen LogP contribution in [0.4, 0.5) is 0 Å². The first-order chi connectivity index (χ1) is 6.95. The molecule has 0 unspecified atom stereocenters. The predicted molar refractivity (Wildman–Crippen MR) is 55.4 cm³/mol. The van der Waals surface area contributed by atoms with E-state index < -0.39 is 11.9 Å². The average Bonchev–Trinajstić information content (AvgIpc) is 2.18. The van der Waals surface area contributed by atoms with E-state index in [9.17, 15) is 9.59 Å². The highest BCUT2D eigenvalue weighted by molar-refractivity contribution is 5.86. The fourth-order valence-corrected chi connectivity index (χ4v) is 0.290. The van der Waals surface area contributed by atoms with Gasteiger partial charge in [0.2, 0.25) is 0 Å². The van der Waals surface area contributed by atoms with Crippen LogP contribution in [0.25, 0.3) is 0 Å². The Balaban J connectivity index is 0. The largest absolute Gasteiger partial charge is 0.516 e. The maximum Gasteiger partial charge on any atom is 0.333 e. The van der Waals surface area contributed by atoms with Crippen molar-refractivity contribution in [2.24, 2.45) is 0 Å². The SMILES string of the molecule is C=C(C)C(=O)OCC=CO.C=CC(=O)O. The highest BCUT2D eigenvalue weighted by atomic mass is 16.5. The summed E-state index contributed by atoms with van der Waals surface area (Å²) in [6.07, 6.45) is 2.98. The topological polar surface area (TPSA) is 83.8 Å². The van der Waals surface area contributed by atoms with Crippen molar-refractivity contribution in [3.05, 3.63) is 37.1 Å². The summed E-state index contributed by atoms with van der Waals surface area (Å²) >= 11 is 0. The lowest BCUT2D eigenvalue weighted by molar-refractivity contribution is -0.137. The molecule has 0 aromatic heterocycles. The highest BCUT2D eigenvalue weighted by Crippen LogP contribution is 1.90. The Morgan fingerprint density at radius 1 is 1.47 bits per heavy atom. The number of hydrogen-bond acceptors (Lipinski definition) is 4. The summed E-state index contributed by atoms with van der Waals surface area (Å²) in [5.41, 5.74) is 0.353. The molecule has 0 bridgehead atoms. The van der Waals surface area contributed by atoms with Gasteiger partial charge in [-0.15, -0.1) is 0 Å². The van der Waals surface area contributed by atoms with E-state index in [0.29, 0.717) is 5.57 Å². The Bertz CT molecular complexity index is 265. The molecule has 0 amide bonds. The summed E-state index contributed by atoms with van der Waals surface area (Å²) in [5, 5.41) is 15.7. The van der Waals surface area contributed by atoms with Crippen molar-refractivity contribution >= 4 is 11.9 Å². The van der Waals surface area contributed by atoms with Gasteiger partial charge >= 0.3 is 11.9 Å². The van der Waals surface area contributed by atoms with Crippen LogP contribution in [0, 0.1) is 0 Å². The number of carboxylic acids is 1. The molecule has 0 saturated carbocycles. The molecule has 0 aliphatic heterocycles. The fraction of sp³-hybridized carbons (Fsp3) is 0.200. The van der Waals surface area contributed by atoms with Gasteiger partial charge in [-0.2, -0.15) is 0 Å². The van der Waals surface area contributed by atoms with Gasteiger partial charge in [-0.3, -0.25) is 0 Å². The smallest absolute Gasteiger partial charge is 0.333 e. The van der Waals surface area contributed by atoms with Crippen LogP contribution < -0.4 is 0 Å². The number of carbonyl (C=O) groups excluding carboxylic acids is 1. The van der Waals surface area contributed by atoms with E-state index in [1.54, 1.807) is 6.92 Å². The Hall–Kier alpha value is -2.04. The van der Waals surface area contributed by atoms with Crippen LogP contribution in [0.5, 0.6) is 0 Å². The minimum absolute atomic E-state index is 0.0855. The number of ether oxygens (including phenoxy) is 1. The zero-order valence-corrected chi connectivity index (χ0v) is 8.47. The molecule has 0 spiro atoms. The van der Waals surface area contributed by atoms with Crippen LogP contribution in [0.2, 0.25) is 0 Å². The monoisotopic (exact) mass is 214 g/mol. The number of rotatable bonds is 4. The number of carbonyl (C=O) groups is 2. The lowest BCUT2D eigenvalue weighted by Gasteiger charge is -1.97. The maximum atomic E-state index is 10.6. The lowest BCUT2D eigenvalue weighted by atomic mass is 10.4. The van der Waals surface area contributed by atoms with E-state index in [-0.39, 0.29) is 6.61 Å². The first kappa shape index (κ1) is 15.4. The van der Waals surface area contributed by atoms with Gasteiger partial charge in [-0.1, -0.05) is 13.2 Å². The molecule has 5 nitrogen and oxygen atoms in total. The predicted octanol–water partition coefficient (Wildman–Crippen LogP) is 1.43. The molecule has 0 aliphatic carbocycles. The van der Waals surface area contributed by atoms with Crippen LogP contribution >= 0.6 is 0 Å². The summed E-state index contributed by atoms with van der Waals surface area (Å²) in [5.74, 6) is -1.43. The van der Waals surface area contributed by atoms with Crippen LogP contribution in [0.15, 0.2) is 37.1 Å². The summed E-state index contributed by atoms with van der Waals surface area (Å²) in [6, 6.07) is 0. The van der Waals surface area contributed by atoms with Crippen molar-refractivity contribution in [3.8, 4) is 0 Å². The zero-order valence-electron chi connectivity index (χ0n) is 8.47. The van der Waals surface area contributed by atoms with Crippen molar-refractivity contribution in [2.45, 2.75) is 6.92 Å². The molecular weight excluding hydrogens is 200 g/mol. The zero-order chi connectivity index (χ0) is 12.3. The number of esters is 1. The van der Waals surface area contributed by atoms with Gasteiger partial charge in [0, 0.05) is 11.6 Å². The van der Waals surface area contributed by atoms with Gasteiger partial charge in [0.1, 0.15) is 6.61 Å². The normalized spacial score (nSPS) is 8.60. The second kappa shape index (κ2) is 10.0. The summed E-state index contributed by atoms with van der Waals surface area (Å²) in [7, 11) is 0. The molecule has 0 aromatic carbocycles. The van der Waals surface area contributed by atoms with Gasteiger partial charge in [0.15, 0.2) is 0 Å². The second-order valence-electron chi connectivity index (χ2n) is 2.31. The standard InChI is InChI=1S/C7H10O3.C3H4O2/c1-6(2)7(9)10-5-3-4-8;1-2-3(4)5/h3-4,8H,1,5H2,2H3;2H,1H2,(H,4,5). The number of aliphatic carboxylic acids is 1. The molecule has 0 radical (unpaired) electrons. The minimum atomic E-state index is -0.981. The highest BCUT2D eigenvalue weighted by Gasteiger charge is 1.99. The van der Waals surface area contributed by atoms with E-state index in [0.717, 1.165) is 12.3 Å². The maximum absolute atomic E-state index is 10.6. The Kier molecular flexibility index (Phi) is 10.3. The van der Waals surface area contributed by atoms with Crippen LogP contribution in [0.1, 0.15) is 6.92 Å². The third-order valence-electron chi connectivity index (χ3n) is 0.939. The van der Waals surface area contributed by atoms with E-state index in [2.05, 4.69) is 17.9 Å². The average molecular weight is 214 g/mol. The summed E-state index contributed by atoms with van der Waals surface area (Å²) in [4.78, 5) is 19.8. The van der Waals surface area contributed by atoms with Gasteiger partial charge < -0.3 is 14.9 Å². The third kappa shape index (κ3) is 14.8. The molecule has 0 saturated heterocycles. The van der Waals surface area contributed by atoms with Crippen molar-refractivity contribution < 1.29 is 24.5 Å². The molecule has 5 heteroatoms. The Morgan fingerprint density at radius 2 is 1.93 bits per heavy atom. The van der Waals surface area contributed by atoms with E-state index in [1.165, 1.54) is 6.08 Å².